The van der Waals surface area contributed by atoms with Gasteiger partial charge in [-0.1, -0.05) is 13.3 Å². The second-order valence-corrected chi connectivity index (χ2v) is 4.73. The molecule has 0 radical (unpaired) electrons. The Morgan fingerprint density at radius 2 is 1.88 bits per heavy atom. The van der Waals surface area contributed by atoms with Crippen molar-refractivity contribution in [3.05, 3.63) is 35.4 Å². The third-order valence-electron chi connectivity index (χ3n) is 3.68. The fourth-order valence-electron chi connectivity index (χ4n) is 2.58. The van der Waals surface area contributed by atoms with Crippen LogP contribution in [0.2, 0.25) is 0 Å². The first-order valence-corrected chi connectivity index (χ1v) is 5.68. The van der Waals surface area contributed by atoms with Gasteiger partial charge in [-0.15, -0.1) is 0 Å². The molecule has 0 bridgehead atoms. The van der Waals surface area contributed by atoms with E-state index in [2.05, 4.69) is 0 Å². The summed E-state index contributed by atoms with van der Waals surface area (Å²) in [5.74, 6) is -2.11. The average Bonchev–Trinajstić information content (AvgIpc) is 2.14. The number of hydrogen-bond acceptors (Lipinski definition) is 1. The zero-order chi connectivity index (χ0) is 12.6. The summed E-state index contributed by atoms with van der Waals surface area (Å²) in [4.78, 5) is 11.3. The van der Waals surface area contributed by atoms with E-state index in [4.69, 9.17) is 0 Å². The van der Waals surface area contributed by atoms with Gasteiger partial charge in [-0.05, 0) is 36.5 Å². The first kappa shape index (κ1) is 12.0. The maximum Gasteiger partial charge on any atom is 0.314 e. The molecule has 1 aromatic carbocycles. The summed E-state index contributed by atoms with van der Waals surface area (Å²) in [5.41, 5.74) is -0.851. The van der Waals surface area contributed by atoms with Gasteiger partial charge in [0.15, 0.2) is 0 Å². The third kappa shape index (κ3) is 1.92. The van der Waals surface area contributed by atoms with E-state index < -0.39 is 23.0 Å². The van der Waals surface area contributed by atoms with E-state index >= 15 is 0 Å². The van der Waals surface area contributed by atoms with Crippen LogP contribution in [0, 0.1) is 17.6 Å². The van der Waals surface area contributed by atoms with Gasteiger partial charge >= 0.3 is 5.97 Å². The zero-order valence-electron chi connectivity index (χ0n) is 9.54. The fourth-order valence-corrected chi connectivity index (χ4v) is 2.58. The number of halogens is 2. The van der Waals surface area contributed by atoms with Gasteiger partial charge in [-0.25, -0.2) is 8.78 Å². The maximum atomic E-state index is 13.1. The molecule has 1 aromatic rings. The van der Waals surface area contributed by atoms with Crippen molar-refractivity contribution in [3.63, 3.8) is 0 Å². The van der Waals surface area contributed by atoms with Crippen molar-refractivity contribution in [1.29, 1.82) is 0 Å². The van der Waals surface area contributed by atoms with Crippen LogP contribution in [-0.2, 0) is 10.2 Å². The van der Waals surface area contributed by atoms with E-state index in [0.29, 0.717) is 18.8 Å². The van der Waals surface area contributed by atoms with Gasteiger partial charge in [-0.3, -0.25) is 4.79 Å². The maximum absolute atomic E-state index is 13.1. The molecule has 0 amide bonds. The van der Waals surface area contributed by atoms with Crippen LogP contribution in [0.25, 0.3) is 0 Å². The van der Waals surface area contributed by atoms with Crippen molar-refractivity contribution in [2.75, 3.05) is 0 Å². The van der Waals surface area contributed by atoms with Gasteiger partial charge in [0.1, 0.15) is 11.6 Å². The summed E-state index contributed by atoms with van der Waals surface area (Å²) in [6, 6.07) is 3.02. The molecule has 1 saturated carbocycles. The minimum absolute atomic E-state index is 0.243. The summed E-state index contributed by atoms with van der Waals surface area (Å²) in [5, 5.41) is 9.29. The molecule has 0 spiro atoms. The quantitative estimate of drug-likeness (QED) is 0.881. The molecule has 0 heterocycles. The Kier molecular flexibility index (Phi) is 2.89. The Bertz CT molecular complexity index is 430. The van der Waals surface area contributed by atoms with Crippen LogP contribution in [0.4, 0.5) is 8.78 Å². The van der Waals surface area contributed by atoms with Crippen molar-refractivity contribution < 1.29 is 18.7 Å². The second kappa shape index (κ2) is 4.09. The van der Waals surface area contributed by atoms with Crippen LogP contribution in [0.5, 0.6) is 0 Å². The number of aliphatic carboxylic acids is 1. The normalized spacial score (nSPS) is 27.6. The van der Waals surface area contributed by atoms with Crippen LogP contribution >= 0.6 is 0 Å². The smallest absolute Gasteiger partial charge is 0.314 e. The molecule has 0 aromatic heterocycles. The lowest BCUT2D eigenvalue weighted by Gasteiger charge is -2.44. The van der Waals surface area contributed by atoms with Gasteiger partial charge in [0, 0.05) is 6.07 Å². The lowest BCUT2D eigenvalue weighted by atomic mass is 9.58. The predicted molar refractivity (Wildman–Crippen MR) is 58.7 cm³/mol. The molecule has 17 heavy (non-hydrogen) atoms. The Labute approximate surface area is 98.3 Å². The minimum atomic E-state index is -1.09. The van der Waals surface area contributed by atoms with Crippen molar-refractivity contribution >= 4 is 5.97 Å². The Balaban J connectivity index is 2.38. The van der Waals surface area contributed by atoms with Crippen LogP contribution in [0.15, 0.2) is 18.2 Å². The van der Waals surface area contributed by atoms with Crippen molar-refractivity contribution in [3.8, 4) is 0 Å². The van der Waals surface area contributed by atoms with E-state index in [1.807, 2.05) is 6.92 Å². The van der Waals surface area contributed by atoms with Crippen molar-refractivity contribution in [1.82, 2.24) is 0 Å². The van der Waals surface area contributed by atoms with Crippen LogP contribution in [0.1, 0.15) is 31.7 Å². The van der Waals surface area contributed by atoms with Gasteiger partial charge in [-0.2, -0.15) is 0 Å². The van der Waals surface area contributed by atoms with Crippen LogP contribution in [-0.4, -0.2) is 11.1 Å². The molecule has 2 nitrogen and oxygen atoms in total. The molecular weight excluding hydrogens is 226 g/mol. The van der Waals surface area contributed by atoms with Crippen molar-refractivity contribution in [2.45, 2.75) is 31.6 Å². The molecule has 0 unspecified atom stereocenters. The monoisotopic (exact) mass is 240 g/mol. The van der Waals surface area contributed by atoms with E-state index in [1.54, 1.807) is 0 Å². The Hall–Kier alpha value is -1.45. The average molecular weight is 240 g/mol. The molecule has 2 rings (SSSR count). The molecule has 92 valence electrons. The van der Waals surface area contributed by atoms with Crippen LogP contribution < -0.4 is 0 Å². The van der Waals surface area contributed by atoms with Gasteiger partial charge in [0.2, 0.25) is 0 Å². The molecular formula is C13H14F2O2. The Morgan fingerprint density at radius 3 is 2.29 bits per heavy atom. The van der Waals surface area contributed by atoms with Gasteiger partial charge < -0.3 is 5.11 Å². The highest BCUT2D eigenvalue weighted by atomic mass is 19.1. The highest BCUT2D eigenvalue weighted by molar-refractivity contribution is 5.82. The van der Waals surface area contributed by atoms with Crippen molar-refractivity contribution in [2.24, 2.45) is 5.92 Å². The number of carboxylic acid groups (broad SMARTS) is 1. The summed E-state index contributed by atoms with van der Waals surface area (Å²) in [7, 11) is 0. The summed E-state index contributed by atoms with van der Waals surface area (Å²) >= 11 is 0. The number of benzene rings is 1. The Morgan fingerprint density at radius 1 is 1.35 bits per heavy atom. The SMILES string of the molecule is CCC1CC(C(=O)O)(c2cc(F)cc(F)c2)C1. The summed E-state index contributed by atoms with van der Waals surface area (Å²) in [6.45, 7) is 1.99. The van der Waals surface area contributed by atoms with E-state index in [0.717, 1.165) is 24.6 Å². The summed E-state index contributed by atoms with van der Waals surface area (Å²) < 4.78 is 26.3. The molecule has 1 fully saturated rings. The molecule has 0 saturated heterocycles. The number of carbonyl (C=O) groups is 1. The van der Waals surface area contributed by atoms with Crippen LogP contribution in [0.3, 0.4) is 0 Å². The molecule has 0 aliphatic heterocycles. The summed E-state index contributed by atoms with van der Waals surface area (Å²) in [6.07, 6.45) is 1.82. The number of carboxylic acids is 1. The molecule has 4 heteroatoms. The first-order chi connectivity index (χ1) is 7.98. The standard InChI is InChI=1S/C13H14F2O2/c1-2-8-6-13(7-8,12(16)17)9-3-10(14)5-11(15)4-9/h3-5,8H,2,6-7H2,1H3,(H,16,17). The lowest BCUT2D eigenvalue weighted by Crippen LogP contribution is -2.47. The van der Waals surface area contributed by atoms with E-state index in [-0.39, 0.29) is 5.56 Å². The topological polar surface area (TPSA) is 37.3 Å². The number of rotatable bonds is 3. The van der Waals surface area contributed by atoms with E-state index in [9.17, 15) is 18.7 Å². The highest BCUT2D eigenvalue weighted by Crippen LogP contribution is 2.49. The van der Waals surface area contributed by atoms with Gasteiger partial charge in [0.25, 0.3) is 0 Å². The number of hydrogen-bond donors (Lipinski definition) is 1. The minimum Gasteiger partial charge on any atom is -0.481 e. The second-order valence-electron chi connectivity index (χ2n) is 4.73. The molecule has 1 aliphatic rings. The lowest BCUT2D eigenvalue weighted by molar-refractivity contribution is -0.149. The molecule has 0 atom stereocenters. The van der Waals surface area contributed by atoms with E-state index in [1.165, 1.54) is 0 Å². The molecule has 1 N–H and O–H groups in total. The molecule has 1 aliphatic carbocycles. The predicted octanol–water partition coefficient (Wildman–Crippen LogP) is 3.11. The largest absolute Gasteiger partial charge is 0.481 e. The highest BCUT2D eigenvalue weighted by Gasteiger charge is 2.51. The van der Waals surface area contributed by atoms with Gasteiger partial charge in [0.05, 0.1) is 5.41 Å². The fraction of sp³-hybridized carbons (Fsp3) is 0.462. The third-order valence-corrected chi connectivity index (χ3v) is 3.68. The first-order valence-electron chi connectivity index (χ1n) is 5.68. The zero-order valence-corrected chi connectivity index (χ0v) is 9.54.